The van der Waals surface area contributed by atoms with Crippen molar-refractivity contribution in [1.29, 1.82) is 10.5 Å². The third kappa shape index (κ3) is 3.36. The van der Waals surface area contributed by atoms with Crippen molar-refractivity contribution in [3.05, 3.63) is 28.7 Å². The van der Waals surface area contributed by atoms with Crippen LogP contribution >= 0.6 is 0 Å². The molecule has 0 bridgehead atoms. The van der Waals surface area contributed by atoms with Crippen LogP contribution in [-0.4, -0.2) is 38.5 Å². The average Bonchev–Trinajstić information content (AvgIpc) is 2.97. The smallest absolute Gasteiger partial charge is 0.223 e. The van der Waals surface area contributed by atoms with Gasteiger partial charge in [0.2, 0.25) is 5.91 Å². The van der Waals surface area contributed by atoms with E-state index in [1.807, 2.05) is 26.8 Å². The number of hydrogen-bond donors (Lipinski definition) is 0. The number of aryl methyl sites for hydroxylation is 2. The number of aromatic nitrogens is 3. The molecular weight excluding hydrogens is 304 g/mol. The van der Waals surface area contributed by atoms with Gasteiger partial charge in [-0.2, -0.15) is 15.6 Å². The Labute approximate surface area is 141 Å². The quantitative estimate of drug-likeness (QED) is 0.756. The molecule has 0 saturated heterocycles. The summed E-state index contributed by atoms with van der Waals surface area (Å²) < 4.78 is 1.64. The van der Waals surface area contributed by atoms with Crippen LogP contribution in [0.25, 0.3) is 5.65 Å². The third-order valence-electron chi connectivity index (χ3n) is 4.03. The molecular formula is C17H20N6O. The SMILES string of the molecule is CCCN(CC#N)C(=O)CCc1c(C)nc2c(C#N)cnn2c1C. The highest BCUT2D eigenvalue weighted by molar-refractivity contribution is 5.76. The lowest BCUT2D eigenvalue weighted by Crippen LogP contribution is -2.32. The monoisotopic (exact) mass is 324 g/mol. The summed E-state index contributed by atoms with van der Waals surface area (Å²) in [6.45, 7) is 6.47. The van der Waals surface area contributed by atoms with Gasteiger partial charge in [-0.25, -0.2) is 9.50 Å². The maximum absolute atomic E-state index is 12.3. The molecule has 0 radical (unpaired) electrons. The van der Waals surface area contributed by atoms with Gasteiger partial charge in [-0.1, -0.05) is 6.92 Å². The van der Waals surface area contributed by atoms with Crippen molar-refractivity contribution in [2.75, 3.05) is 13.1 Å². The molecule has 2 aromatic heterocycles. The molecule has 2 aromatic rings. The molecule has 0 unspecified atom stereocenters. The number of nitriles is 2. The number of rotatable bonds is 6. The lowest BCUT2D eigenvalue weighted by Gasteiger charge is -2.19. The van der Waals surface area contributed by atoms with E-state index in [2.05, 4.69) is 16.2 Å². The summed E-state index contributed by atoms with van der Waals surface area (Å²) in [5.41, 5.74) is 3.62. The number of hydrogen-bond acceptors (Lipinski definition) is 5. The zero-order chi connectivity index (χ0) is 17.7. The molecule has 7 heteroatoms. The molecule has 0 fully saturated rings. The number of carbonyl (C=O) groups excluding carboxylic acids is 1. The van der Waals surface area contributed by atoms with Gasteiger partial charge in [0.1, 0.15) is 18.2 Å². The minimum Gasteiger partial charge on any atom is -0.329 e. The molecule has 0 saturated carbocycles. The van der Waals surface area contributed by atoms with Crippen LogP contribution in [0.2, 0.25) is 0 Å². The van der Waals surface area contributed by atoms with Crippen molar-refractivity contribution in [2.45, 2.75) is 40.0 Å². The molecule has 2 rings (SSSR count). The first-order valence-corrected chi connectivity index (χ1v) is 7.92. The van der Waals surface area contributed by atoms with Crippen molar-refractivity contribution in [3.63, 3.8) is 0 Å². The zero-order valence-corrected chi connectivity index (χ0v) is 14.2. The molecule has 124 valence electrons. The molecule has 0 atom stereocenters. The molecule has 7 nitrogen and oxygen atoms in total. The molecule has 1 amide bonds. The minimum absolute atomic E-state index is 0.0320. The van der Waals surface area contributed by atoms with Crippen molar-refractivity contribution in [2.24, 2.45) is 0 Å². The summed E-state index contributed by atoms with van der Waals surface area (Å²) in [5.74, 6) is -0.0320. The second kappa shape index (κ2) is 7.56. The van der Waals surface area contributed by atoms with E-state index in [0.717, 1.165) is 23.4 Å². The van der Waals surface area contributed by atoms with Crippen LogP contribution in [0.15, 0.2) is 6.20 Å². The Morgan fingerprint density at radius 2 is 2.12 bits per heavy atom. The van der Waals surface area contributed by atoms with Crippen LogP contribution in [0.4, 0.5) is 0 Å². The van der Waals surface area contributed by atoms with E-state index in [4.69, 9.17) is 10.5 Å². The maximum Gasteiger partial charge on any atom is 0.223 e. The van der Waals surface area contributed by atoms with E-state index in [-0.39, 0.29) is 12.5 Å². The maximum atomic E-state index is 12.3. The second-order valence-corrected chi connectivity index (χ2v) is 5.64. The Morgan fingerprint density at radius 1 is 1.38 bits per heavy atom. The Bertz CT molecular complexity index is 839. The summed E-state index contributed by atoms with van der Waals surface area (Å²) in [6, 6.07) is 4.12. The lowest BCUT2D eigenvalue weighted by atomic mass is 10.1. The van der Waals surface area contributed by atoms with Gasteiger partial charge in [0.05, 0.1) is 12.3 Å². The summed E-state index contributed by atoms with van der Waals surface area (Å²) in [7, 11) is 0. The van der Waals surface area contributed by atoms with Gasteiger partial charge >= 0.3 is 0 Å². The number of fused-ring (bicyclic) bond motifs is 1. The van der Waals surface area contributed by atoms with Crippen molar-refractivity contribution >= 4 is 11.6 Å². The second-order valence-electron chi connectivity index (χ2n) is 5.64. The standard InChI is InChI=1S/C17H20N6O/c1-4-8-22(9-7-18)16(24)6-5-15-12(2)21-17-14(10-19)11-20-23(17)13(15)3/h11H,4-6,8-9H2,1-3H3. The molecule has 0 aliphatic rings. The average molecular weight is 324 g/mol. The van der Waals surface area contributed by atoms with Crippen LogP contribution in [0.5, 0.6) is 0 Å². The molecule has 0 aliphatic carbocycles. The van der Waals surface area contributed by atoms with Crippen LogP contribution in [0.3, 0.4) is 0 Å². The first kappa shape index (κ1) is 17.4. The van der Waals surface area contributed by atoms with Gasteiger partial charge in [0, 0.05) is 24.4 Å². The van der Waals surface area contributed by atoms with Crippen LogP contribution < -0.4 is 0 Å². The van der Waals surface area contributed by atoms with Gasteiger partial charge in [-0.3, -0.25) is 4.79 Å². The van der Waals surface area contributed by atoms with Gasteiger partial charge in [0.15, 0.2) is 5.65 Å². The molecule has 0 aliphatic heterocycles. The van der Waals surface area contributed by atoms with Crippen molar-refractivity contribution < 1.29 is 4.79 Å². The summed E-state index contributed by atoms with van der Waals surface area (Å²) >= 11 is 0. The molecule has 0 spiro atoms. The van der Waals surface area contributed by atoms with Gasteiger partial charge < -0.3 is 4.90 Å². The van der Waals surface area contributed by atoms with Gasteiger partial charge in [-0.05, 0) is 32.3 Å². The highest BCUT2D eigenvalue weighted by Crippen LogP contribution is 2.18. The molecule has 0 aromatic carbocycles. The molecule has 24 heavy (non-hydrogen) atoms. The van der Waals surface area contributed by atoms with Gasteiger partial charge in [-0.15, -0.1) is 0 Å². The molecule has 0 N–H and O–H groups in total. The normalized spacial score (nSPS) is 10.4. The Hall–Kier alpha value is -2.93. The van der Waals surface area contributed by atoms with E-state index in [1.54, 1.807) is 9.42 Å². The zero-order valence-electron chi connectivity index (χ0n) is 14.2. The van der Waals surface area contributed by atoms with E-state index in [1.165, 1.54) is 6.20 Å². The highest BCUT2D eigenvalue weighted by Gasteiger charge is 2.17. The fraction of sp³-hybridized carbons (Fsp3) is 0.471. The van der Waals surface area contributed by atoms with E-state index >= 15 is 0 Å². The first-order chi connectivity index (χ1) is 11.5. The largest absolute Gasteiger partial charge is 0.329 e. The van der Waals surface area contributed by atoms with Crippen LogP contribution in [0.1, 0.15) is 42.3 Å². The van der Waals surface area contributed by atoms with Crippen LogP contribution in [-0.2, 0) is 11.2 Å². The fourth-order valence-electron chi connectivity index (χ4n) is 2.79. The Balaban J connectivity index is 2.23. The Kier molecular flexibility index (Phi) is 5.49. The Morgan fingerprint density at radius 3 is 2.75 bits per heavy atom. The van der Waals surface area contributed by atoms with Gasteiger partial charge in [0.25, 0.3) is 0 Å². The number of carbonyl (C=O) groups is 1. The third-order valence-corrected chi connectivity index (χ3v) is 4.03. The van der Waals surface area contributed by atoms with E-state index in [9.17, 15) is 4.79 Å². The lowest BCUT2D eigenvalue weighted by molar-refractivity contribution is -0.130. The highest BCUT2D eigenvalue weighted by atomic mass is 16.2. The van der Waals surface area contributed by atoms with E-state index < -0.39 is 0 Å². The number of amides is 1. The predicted octanol–water partition coefficient (Wildman–Crippen LogP) is 1.91. The predicted molar refractivity (Wildman–Crippen MR) is 88.0 cm³/mol. The fourth-order valence-corrected chi connectivity index (χ4v) is 2.79. The summed E-state index contributed by atoms with van der Waals surface area (Å²) in [6.07, 6.45) is 3.18. The topological polar surface area (TPSA) is 98.1 Å². The summed E-state index contributed by atoms with van der Waals surface area (Å²) in [4.78, 5) is 18.4. The van der Waals surface area contributed by atoms with Crippen molar-refractivity contribution in [1.82, 2.24) is 19.5 Å². The first-order valence-electron chi connectivity index (χ1n) is 7.92. The van der Waals surface area contributed by atoms with Crippen molar-refractivity contribution in [3.8, 4) is 12.1 Å². The number of nitrogens with zero attached hydrogens (tertiary/aromatic N) is 6. The molecule has 2 heterocycles. The van der Waals surface area contributed by atoms with Crippen LogP contribution in [0, 0.1) is 36.5 Å². The van der Waals surface area contributed by atoms with E-state index in [0.29, 0.717) is 30.6 Å². The minimum atomic E-state index is -0.0320. The summed E-state index contributed by atoms with van der Waals surface area (Å²) in [5, 5.41) is 22.1.